The van der Waals surface area contributed by atoms with Crippen LogP contribution in [-0.4, -0.2) is 24.7 Å². The molecule has 0 heterocycles. The first-order valence-corrected chi connectivity index (χ1v) is 11.0. The van der Waals surface area contributed by atoms with E-state index in [1.807, 2.05) is 36.6 Å². The Bertz CT molecular complexity index is 1110. The summed E-state index contributed by atoms with van der Waals surface area (Å²) in [6.07, 6.45) is 1.95. The van der Waals surface area contributed by atoms with Crippen LogP contribution in [0.15, 0.2) is 87.5 Å². The highest BCUT2D eigenvalue weighted by Crippen LogP contribution is 2.32. The van der Waals surface area contributed by atoms with Gasteiger partial charge in [-0.2, -0.15) is 5.26 Å². The molecule has 0 spiro atoms. The van der Waals surface area contributed by atoms with Crippen molar-refractivity contribution in [1.29, 1.82) is 5.26 Å². The van der Waals surface area contributed by atoms with Crippen molar-refractivity contribution in [1.82, 2.24) is 0 Å². The van der Waals surface area contributed by atoms with Crippen molar-refractivity contribution in [2.24, 2.45) is 0 Å². The number of nitrogens with one attached hydrogen (secondary N) is 1. The van der Waals surface area contributed by atoms with Crippen molar-refractivity contribution in [2.45, 2.75) is 14.7 Å². The fraction of sp³-hybridized carbons (Fsp3) is 0.0870. The van der Waals surface area contributed by atoms with Gasteiger partial charge in [0.2, 0.25) is 0 Å². The minimum atomic E-state index is -0.597. The van der Waals surface area contributed by atoms with Crippen LogP contribution in [0, 0.1) is 11.3 Å². The number of nitrogens with zero attached hydrogens (tertiary/aromatic N) is 1. The first-order chi connectivity index (χ1) is 14.6. The number of ether oxygens (including phenoxy) is 1. The number of nitriles is 1. The van der Waals surface area contributed by atoms with Gasteiger partial charge in [0.25, 0.3) is 5.91 Å². The molecule has 3 aromatic rings. The van der Waals surface area contributed by atoms with E-state index in [9.17, 15) is 14.9 Å². The van der Waals surface area contributed by atoms with E-state index in [1.165, 1.54) is 11.8 Å². The third-order valence-corrected chi connectivity index (χ3v) is 5.90. The summed E-state index contributed by atoms with van der Waals surface area (Å²) >= 11 is 2.88. The number of rotatable bonds is 7. The molecule has 0 saturated carbocycles. The predicted molar refractivity (Wildman–Crippen MR) is 119 cm³/mol. The number of benzene rings is 3. The number of thioether (sulfide) groups is 1. The van der Waals surface area contributed by atoms with Crippen molar-refractivity contribution in [3.8, 4) is 6.07 Å². The monoisotopic (exact) mass is 434 g/mol. The largest absolute Gasteiger partial charge is 0.452 e. The Hall–Kier alpha value is -3.21. The summed E-state index contributed by atoms with van der Waals surface area (Å²) in [5.74, 6) is -1.01. The number of esters is 1. The summed E-state index contributed by atoms with van der Waals surface area (Å²) in [6.45, 7) is -0.393. The van der Waals surface area contributed by atoms with Gasteiger partial charge in [-0.25, -0.2) is 4.79 Å². The molecule has 0 fully saturated rings. The minimum absolute atomic E-state index is 0.340. The number of carbonyl (C=O) groups excluding carboxylic acids is 2. The summed E-state index contributed by atoms with van der Waals surface area (Å²) in [4.78, 5) is 27.2. The summed E-state index contributed by atoms with van der Waals surface area (Å²) in [6, 6.07) is 23.7. The molecule has 0 saturated heterocycles. The van der Waals surface area contributed by atoms with Gasteiger partial charge in [0, 0.05) is 20.4 Å². The van der Waals surface area contributed by atoms with Crippen molar-refractivity contribution in [2.75, 3.05) is 18.2 Å². The van der Waals surface area contributed by atoms with Gasteiger partial charge in [0.1, 0.15) is 6.07 Å². The molecule has 3 aromatic carbocycles. The Morgan fingerprint density at radius 3 is 2.50 bits per heavy atom. The average Bonchev–Trinajstić information content (AvgIpc) is 2.78. The third-order valence-electron chi connectivity index (χ3n) is 4.02. The van der Waals surface area contributed by atoms with E-state index >= 15 is 0 Å². The summed E-state index contributed by atoms with van der Waals surface area (Å²) in [5.41, 5.74) is 1.51. The zero-order valence-corrected chi connectivity index (χ0v) is 17.8. The van der Waals surface area contributed by atoms with Gasteiger partial charge in [-0.05, 0) is 48.7 Å². The van der Waals surface area contributed by atoms with E-state index in [0.29, 0.717) is 21.7 Å². The van der Waals surface area contributed by atoms with Crippen LogP contribution in [0.1, 0.15) is 15.9 Å². The molecule has 0 bridgehead atoms. The quantitative estimate of drug-likeness (QED) is 0.405. The first-order valence-electron chi connectivity index (χ1n) is 8.97. The molecule has 0 atom stereocenters. The standard InChI is InChI=1S/C23H18N2O3S2/c1-29-18-9-6-8-17(13-18)25-22(26)15-28-23(27)19-10-3-5-12-21(19)30-20-11-4-2-7-16(20)14-24/h2-13H,15H2,1H3,(H,25,26). The number of hydrogen-bond donors (Lipinski definition) is 1. The van der Waals surface area contributed by atoms with E-state index in [1.54, 1.807) is 54.2 Å². The summed E-state index contributed by atoms with van der Waals surface area (Å²) in [7, 11) is 0. The molecular formula is C23H18N2O3S2. The van der Waals surface area contributed by atoms with Gasteiger partial charge >= 0.3 is 5.97 Å². The number of carbonyl (C=O) groups is 2. The zero-order valence-electron chi connectivity index (χ0n) is 16.1. The molecule has 7 heteroatoms. The van der Waals surface area contributed by atoms with Crippen LogP contribution in [0.25, 0.3) is 0 Å². The highest BCUT2D eigenvalue weighted by atomic mass is 32.2. The molecule has 150 valence electrons. The van der Waals surface area contributed by atoms with Crippen LogP contribution < -0.4 is 5.32 Å². The van der Waals surface area contributed by atoms with Crippen LogP contribution in [0.2, 0.25) is 0 Å². The second-order valence-corrected chi connectivity index (χ2v) is 8.03. The molecule has 0 radical (unpaired) electrons. The Kier molecular flexibility index (Phi) is 7.55. The van der Waals surface area contributed by atoms with Crippen molar-refractivity contribution in [3.63, 3.8) is 0 Å². The summed E-state index contributed by atoms with van der Waals surface area (Å²) < 4.78 is 5.22. The average molecular weight is 435 g/mol. The molecular weight excluding hydrogens is 416 g/mol. The van der Waals surface area contributed by atoms with E-state index in [4.69, 9.17) is 4.74 Å². The molecule has 0 aliphatic heterocycles. The van der Waals surface area contributed by atoms with Crippen molar-refractivity contribution in [3.05, 3.63) is 83.9 Å². The minimum Gasteiger partial charge on any atom is -0.452 e. The predicted octanol–water partition coefficient (Wildman–Crippen LogP) is 5.23. The lowest BCUT2D eigenvalue weighted by Gasteiger charge is -2.10. The van der Waals surface area contributed by atoms with Gasteiger partial charge in [-0.3, -0.25) is 4.79 Å². The Morgan fingerprint density at radius 2 is 1.73 bits per heavy atom. The van der Waals surface area contributed by atoms with Crippen LogP contribution in [-0.2, 0) is 9.53 Å². The number of anilines is 1. The molecule has 1 amide bonds. The SMILES string of the molecule is CSc1cccc(NC(=O)COC(=O)c2ccccc2Sc2ccccc2C#N)c1. The van der Waals surface area contributed by atoms with Crippen LogP contribution in [0.5, 0.6) is 0 Å². The smallest absolute Gasteiger partial charge is 0.339 e. The van der Waals surface area contributed by atoms with Crippen molar-refractivity contribution >= 4 is 41.1 Å². The fourth-order valence-electron chi connectivity index (χ4n) is 2.60. The highest BCUT2D eigenvalue weighted by Gasteiger charge is 2.16. The maximum absolute atomic E-state index is 12.6. The molecule has 0 aromatic heterocycles. The molecule has 0 unspecified atom stereocenters. The van der Waals surface area contributed by atoms with E-state index < -0.39 is 18.5 Å². The molecule has 5 nitrogen and oxygen atoms in total. The fourth-order valence-corrected chi connectivity index (χ4v) is 4.07. The van der Waals surface area contributed by atoms with Crippen molar-refractivity contribution < 1.29 is 14.3 Å². The van der Waals surface area contributed by atoms with Gasteiger partial charge in [0.15, 0.2) is 6.61 Å². The normalized spacial score (nSPS) is 10.1. The van der Waals surface area contributed by atoms with Crippen LogP contribution in [0.4, 0.5) is 5.69 Å². The molecule has 30 heavy (non-hydrogen) atoms. The maximum atomic E-state index is 12.6. The van der Waals surface area contributed by atoms with Crippen LogP contribution >= 0.6 is 23.5 Å². The van der Waals surface area contributed by atoms with Gasteiger partial charge < -0.3 is 10.1 Å². The molecule has 3 rings (SSSR count). The maximum Gasteiger partial charge on any atom is 0.339 e. The Morgan fingerprint density at radius 1 is 1.00 bits per heavy atom. The van der Waals surface area contributed by atoms with Gasteiger partial charge in [-0.1, -0.05) is 42.1 Å². The Balaban J connectivity index is 1.66. The lowest BCUT2D eigenvalue weighted by atomic mass is 10.2. The Labute approximate surface area is 183 Å². The molecule has 0 aliphatic carbocycles. The number of hydrogen-bond acceptors (Lipinski definition) is 6. The second kappa shape index (κ2) is 10.5. The summed E-state index contributed by atoms with van der Waals surface area (Å²) in [5, 5.41) is 12.0. The van der Waals surface area contributed by atoms with E-state index in [2.05, 4.69) is 11.4 Å². The molecule has 0 aliphatic rings. The van der Waals surface area contributed by atoms with Gasteiger partial charge in [0.05, 0.1) is 11.1 Å². The van der Waals surface area contributed by atoms with E-state index in [-0.39, 0.29) is 0 Å². The molecule has 1 N–H and O–H groups in total. The second-order valence-electron chi connectivity index (χ2n) is 6.06. The lowest BCUT2D eigenvalue weighted by Crippen LogP contribution is -2.21. The highest BCUT2D eigenvalue weighted by molar-refractivity contribution is 7.99. The zero-order chi connectivity index (χ0) is 21.3. The van der Waals surface area contributed by atoms with Gasteiger partial charge in [-0.15, -0.1) is 11.8 Å². The van der Waals surface area contributed by atoms with Crippen LogP contribution in [0.3, 0.4) is 0 Å². The number of amides is 1. The first kappa shape index (κ1) is 21.5. The lowest BCUT2D eigenvalue weighted by molar-refractivity contribution is -0.119. The third kappa shape index (κ3) is 5.66. The topological polar surface area (TPSA) is 79.2 Å². The van der Waals surface area contributed by atoms with E-state index in [0.717, 1.165) is 9.79 Å².